The molecule has 12 heteroatoms. The van der Waals surface area contributed by atoms with Crippen LogP contribution in [0, 0.1) is 0 Å². The van der Waals surface area contributed by atoms with Crippen molar-refractivity contribution in [2.24, 2.45) is 0 Å². The van der Waals surface area contributed by atoms with Gasteiger partial charge in [0, 0.05) is 12.8 Å². The van der Waals surface area contributed by atoms with Gasteiger partial charge in [-0.25, -0.2) is 9.36 Å². The summed E-state index contributed by atoms with van der Waals surface area (Å²) in [5, 5.41) is 21.9. The van der Waals surface area contributed by atoms with Crippen LogP contribution in [0.1, 0.15) is 232 Å². The molecule has 0 saturated heterocycles. The molecular formula is C46H88NO10P. The second kappa shape index (κ2) is 41.9. The molecule has 0 saturated carbocycles. The van der Waals surface area contributed by atoms with Crippen LogP contribution in [0.15, 0.2) is 12.2 Å². The van der Waals surface area contributed by atoms with Crippen LogP contribution < -0.4 is 5.32 Å². The number of rotatable bonds is 45. The fourth-order valence-electron chi connectivity index (χ4n) is 6.84. The number of ether oxygens (including phenoxy) is 1. The van der Waals surface area contributed by atoms with Crippen LogP contribution in [0.2, 0.25) is 0 Å². The molecule has 4 N–H and O–H groups in total. The fourth-order valence-corrected chi connectivity index (χ4v) is 7.61. The maximum atomic E-state index is 12.3. The minimum atomic E-state index is -4.75. The van der Waals surface area contributed by atoms with Crippen molar-refractivity contribution in [1.82, 2.24) is 5.32 Å². The van der Waals surface area contributed by atoms with Crippen LogP contribution in [-0.4, -0.2) is 64.9 Å². The van der Waals surface area contributed by atoms with Crippen molar-refractivity contribution in [1.29, 1.82) is 0 Å². The van der Waals surface area contributed by atoms with Gasteiger partial charge in [0.15, 0.2) is 6.04 Å². The minimum Gasteiger partial charge on any atom is -0.480 e. The highest BCUT2D eigenvalue weighted by Gasteiger charge is 2.28. The number of carbonyl (C=O) groups is 3. The number of allylic oxidation sites excluding steroid dienone is 2. The maximum absolute atomic E-state index is 12.3. The van der Waals surface area contributed by atoms with Gasteiger partial charge >= 0.3 is 19.8 Å². The summed E-state index contributed by atoms with van der Waals surface area (Å²) in [4.78, 5) is 46.0. The molecule has 0 bridgehead atoms. The lowest BCUT2D eigenvalue weighted by molar-refractivity contribution is -0.147. The molecule has 0 aromatic heterocycles. The number of carboxylic acid groups (broad SMARTS) is 1. The van der Waals surface area contributed by atoms with E-state index in [1.165, 1.54) is 154 Å². The van der Waals surface area contributed by atoms with Crippen molar-refractivity contribution >= 4 is 25.7 Å². The zero-order valence-electron chi connectivity index (χ0n) is 37.1. The van der Waals surface area contributed by atoms with Crippen molar-refractivity contribution in [3.05, 3.63) is 12.2 Å². The molecule has 0 aliphatic rings. The Balaban J connectivity index is 3.83. The molecule has 0 rings (SSSR count). The number of hydrogen-bond donors (Lipinski definition) is 4. The van der Waals surface area contributed by atoms with Crippen molar-refractivity contribution in [3.63, 3.8) is 0 Å². The van der Waals surface area contributed by atoms with Crippen LogP contribution >= 0.6 is 7.82 Å². The first kappa shape index (κ1) is 56.2. The first-order chi connectivity index (χ1) is 28.1. The van der Waals surface area contributed by atoms with Gasteiger partial charge in [0.05, 0.1) is 13.2 Å². The van der Waals surface area contributed by atoms with Crippen LogP contribution in [-0.2, 0) is 32.7 Å². The smallest absolute Gasteiger partial charge is 0.472 e. The van der Waals surface area contributed by atoms with E-state index < -0.39 is 57.6 Å². The van der Waals surface area contributed by atoms with Gasteiger partial charge in [-0.1, -0.05) is 193 Å². The van der Waals surface area contributed by atoms with E-state index in [0.29, 0.717) is 12.8 Å². The number of phosphoric acid groups is 1. The van der Waals surface area contributed by atoms with Crippen molar-refractivity contribution in [2.75, 3.05) is 19.8 Å². The second-order valence-corrected chi connectivity index (χ2v) is 17.8. The van der Waals surface area contributed by atoms with E-state index in [0.717, 1.165) is 38.5 Å². The normalized spacial score (nSPS) is 13.7. The highest BCUT2D eigenvalue weighted by atomic mass is 31.2. The van der Waals surface area contributed by atoms with E-state index in [9.17, 15) is 34.1 Å². The Morgan fingerprint density at radius 2 is 0.897 bits per heavy atom. The summed E-state index contributed by atoms with van der Waals surface area (Å²) in [6, 6.07) is -1.54. The molecule has 0 spiro atoms. The molecular weight excluding hydrogens is 757 g/mol. The van der Waals surface area contributed by atoms with Gasteiger partial charge in [0.25, 0.3) is 0 Å². The quantitative estimate of drug-likeness (QED) is 0.0200. The third-order valence-corrected chi connectivity index (χ3v) is 11.5. The van der Waals surface area contributed by atoms with Crippen LogP contribution in [0.25, 0.3) is 0 Å². The summed E-state index contributed by atoms with van der Waals surface area (Å²) >= 11 is 0. The highest BCUT2D eigenvalue weighted by Crippen LogP contribution is 2.43. The molecule has 0 aromatic rings. The highest BCUT2D eigenvalue weighted by molar-refractivity contribution is 7.47. The van der Waals surface area contributed by atoms with Gasteiger partial charge < -0.3 is 25.2 Å². The number of aliphatic hydroxyl groups excluding tert-OH is 1. The second-order valence-electron chi connectivity index (χ2n) is 16.3. The van der Waals surface area contributed by atoms with E-state index >= 15 is 0 Å². The maximum Gasteiger partial charge on any atom is 0.472 e. The Morgan fingerprint density at radius 3 is 1.31 bits per heavy atom. The van der Waals surface area contributed by atoms with E-state index in [-0.39, 0.29) is 12.8 Å². The summed E-state index contributed by atoms with van der Waals surface area (Å²) in [5.41, 5.74) is 0. The fraction of sp³-hybridized carbons (Fsp3) is 0.891. The predicted octanol–water partition coefficient (Wildman–Crippen LogP) is 12.5. The van der Waals surface area contributed by atoms with Gasteiger partial charge in [0.2, 0.25) is 5.91 Å². The number of aliphatic hydroxyl groups is 1. The molecule has 1 amide bonds. The van der Waals surface area contributed by atoms with Crippen LogP contribution in [0.4, 0.5) is 0 Å². The zero-order chi connectivity index (χ0) is 42.8. The van der Waals surface area contributed by atoms with E-state index in [1.807, 2.05) is 0 Å². The number of nitrogens with one attached hydrogen (secondary N) is 1. The molecule has 342 valence electrons. The summed E-state index contributed by atoms with van der Waals surface area (Å²) in [6.45, 7) is 2.62. The number of phosphoric ester groups is 1. The Hall–Kier alpha value is -1.78. The van der Waals surface area contributed by atoms with Crippen molar-refractivity contribution in [2.45, 2.75) is 244 Å². The standard InChI is InChI=1S/C46H88NO10P/c1-3-5-7-9-11-13-15-17-19-20-21-22-24-26-28-30-32-34-36-38-45(50)55-39-42(48)40-56-58(53,54)57-41-43(46(51)52)47-44(49)37-35-33-31-29-27-25-23-18-16-14-12-10-8-6-4-2/h17,19,42-43,48H,3-16,18,20-41H2,1-2H3,(H,47,49)(H,51,52)(H,53,54)/b19-17+. The predicted molar refractivity (Wildman–Crippen MR) is 236 cm³/mol. The first-order valence-corrected chi connectivity index (χ1v) is 25.2. The summed E-state index contributed by atoms with van der Waals surface area (Å²) in [7, 11) is -4.75. The third kappa shape index (κ3) is 41.0. The van der Waals surface area contributed by atoms with Gasteiger partial charge in [-0.2, -0.15) is 0 Å². The average Bonchev–Trinajstić information content (AvgIpc) is 3.20. The molecule has 0 radical (unpaired) electrons. The average molecular weight is 846 g/mol. The first-order valence-electron chi connectivity index (χ1n) is 23.7. The molecule has 0 heterocycles. The van der Waals surface area contributed by atoms with E-state index in [4.69, 9.17) is 13.8 Å². The molecule has 0 aliphatic carbocycles. The Labute approximate surface area is 354 Å². The van der Waals surface area contributed by atoms with Crippen molar-refractivity contribution < 1.29 is 47.8 Å². The Kier molecular flexibility index (Phi) is 40.6. The van der Waals surface area contributed by atoms with Gasteiger partial charge in [-0.05, 0) is 38.5 Å². The number of amides is 1. The topological polar surface area (TPSA) is 169 Å². The lowest BCUT2D eigenvalue weighted by atomic mass is 10.0. The van der Waals surface area contributed by atoms with E-state index in [2.05, 4.69) is 31.3 Å². The lowest BCUT2D eigenvalue weighted by Crippen LogP contribution is -2.43. The SMILES string of the molecule is CCCCCCCC/C=C/CCCCCCCCCCCC(=O)OCC(O)COP(=O)(O)OCC(NC(=O)CCCCCCCCCCCCCCCCC)C(=O)O. The number of aliphatic carboxylic acids is 1. The van der Waals surface area contributed by atoms with Gasteiger partial charge in [-0.15, -0.1) is 0 Å². The van der Waals surface area contributed by atoms with Crippen molar-refractivity contribution in [3.8, 4) is 0 Å². The summed E-state index contributed by atoms with van der Waals surface area (Å²) in [6.07, 6.45) is 42.3. The lowest BCUT2D eigenvalue weighted by Gasteiger charge is -2.18. The molecule has 3 atom stereocenters. The summed E-state index contributed by atoms with van der Waals surface area (Å²) < 4.78 is 26.9. The molecule has 11 nitrogen and oxygen atoms in total. The largest absolute Gasteiger partial charge is 0.480 e. The number of carbonyl (C=O) groups excluding carboxylic acids is 2. The van der Waals surface area contributed by atoms with Crippen LogP contribution in [0.3, 0.4) is 0 Å². The summed E-state index contributed by atoms with van der Waals surface area (Å²) in [5.74, 6) is -2.36. The molecule has 58 heavy (non-hydrogen) atoms. The van der Waals surface area contributed by atoms with Crippen LogP contribution in [0.5, 0.6) is 0 Å². The zero-order valence-corrected chi connectivity index (χ0v) is 38.0. The minimum absolute atomic E-state index is 0.151. The molecule has 0 aromatic carbocycles. The Morgan fingerprint density at radius 1 is 0.534 bits per heavy atom. The molecule has 3 unspecified atom stereocenters. The number of carboxylic acids is 1. The molecule has 0 aliphatic heterocycles. The number of esters is 1. The third-order valence-electron chi connectivity index (χ3n) is 10.6. The Bertz CT molecular complexity index is 1040. The van der Waals surface area contributed by atoms with E-state index in [1.54, 1.807) is 0 Å². The number of unbranched alkanes of at least 4 members (excludes halogenated alkanes) is 29. The monoisotopic (exact) mass is 846 g/mol. The van der Waals surface area contributed by atoms with Gasteiger partial charge in [0.1, 0.15) is 12.7 Å². The molecule has 0 fully saturated rings. The number of hydrogen-bond acceptors (Lipinski definition) is 8. The van der Waals surface area contributed by atoms with Gasteiger partial charge in [-0.3, -0.25) is 18.6 Å².